The van der Waals surface area contributed by atoms with Crippen molar-refractivity contribution < 1.29 is 18.0 Å². The Morgan fingerprint density at radius 2 is 1.60 bits per heavy atom. The van der Waals surface area contributed by atoms with Gasteiger partial charge in [0, 0.05) is 16.7 Å². The lowest BCUT2D eigenvalue weighted by atomic mass is 10.1. The van der Waals surface area contributed by atoms with E-state index in [9.17, 15) is 18.0 Å². The minimum absolute atomic E-state index is 0.0369. The highest BCUT2D eigenvalue weighted by molar-refractivity contribution is 14.1. The number of amides is 2. The van der Waals surface area contributed by atoms with Crippen molar-refractivity contribution in [3.05, 3.63) is 92.0 Å². The van der Waals surface area contributed by atoms with Gasteiger partial charge in [0.25, 0.3) is 10.0 Å². The molecular formula is C29H32Cl2IN3O4S. The molecular weight excluding hydrogens is 684 g/mol. The maximum atomic E-state index is 14.1. The van der Waals surface area contributed by atoms with Crippen LogP contribution in [0.3, 0.4) is 0 Å². The molecule has 11 heteroatoms. The summed E-state index contributed by atoms with van der Waals surface area (Å²) >= 11 is 14.5. The largest absolute Gasteiger partial charge is 0.354 e. The Labute approximate surface area is 260 Å². The molecule has 0 aliphatic rings. The van der Waals surface area contributed by atoms with Gasteiger partial charge in [0.1, 0.15) is 12.6 Å². The molecule has 0 radical (unpaired) electrons. The van der Waals surface area contributed by atoms with Crippen LogP contribution in [0.4, 0.5) is 5.69 Å². The number of benzene rings is 3. The van der Waals surface area contributed by atoms with Crippen LogP contribution in [0, 0.1) is 9.49 Å². The summed E-state index contributed by atoms with van der Waals surface area (Å²) in [5, 5.41) is 3.59. The third-order valence-electron chi connectivity index (χ3n) is 6.13. The number of hydrogen-bond donors (Lipinski definition) is 1. The Bertz CT molecular complexity index is 1420. The topological polar surface area (TPSA) is 86.8 Å². The SMILES string of the molecule is CCC(C(=O)NCC(C)C)N(Cc1ccc(Cl)c(Cl)c1)C(=O)CN(c1ccc(I)cc1)S(=O)(=O)c1ccccc1. The summed E-state index contributed by atoms with van der Waals surface area (Å²) < 4.78 is 29.6. The number of hydrogen-bond acceptors (Lipinski definition) is 4. The number of anilines is 1. The lowest BCUT2D eigenvalue weighted by Gasteiger charge is -2.33. The molecule has 2 amide bonds. The second kappa shape index (κ2) is 14.5. The van der Waals surface area contributed by atoms with Gasteiger partial charge in [0.2, 0.25) is 11.8 Å². The Morgan fingerprint density at radius 1 is 0.950 bits per heavy atom. The van der Waals surface area contributed by atoms with Crippen LogP contribution < -0.4 is 9.62 Å². The second-order valence-electron chi connectivity index (χ2n) is 9.63. The zero-order valence-corrected chi connectivity index (χ0v) is 27.0. The number of sulfonamides is 1. The summed E-state index contributed by atoms with van der Waals surface area (Å²) in [5.41, 5.74) is 0.994. The van der Waals surface area contributed by atoms with Gasteiger partial charge in [-0.05, 0) is 89.0 Å². The van der Waals surface area contributed by atoms with Crippen LogP contribution in [0.2, 0.25) is 10.0 Å². The number of rotatable bonds is 12. The van der Waals surface area contributed by atoms with Gasteiger partial charge in [-0.3, -0.25) is 13.9 Å². The molecule has 1 atom stereocenters. The highest BCUT2D eigenvalue weighted by Crippen LogP contribution is 2.27. The van der Waals surface area contributed by atoms with Crippen LogP contribution in [-0.4, -0.2) is 44.3 Å². The van der Waals surface area contributed by atoms with E-state index in [0.717, 1.165) is 7.88 Å². The normalized spacial score (nSPS) is 12.2. The van der Waals surface area contributed by atoms with Gasteiger partial charge in [-0.15, -0.1) is 0 Å². The molecule has 0 fully saturated rings. The van der Waals surface area contributed by atoms with Gasteiger partial charge in [0.05, 0.1) is 20.6 Å². The highest BCUT2D eigenvalue weighted by Gasteiger charge is 2.33. The number of nitrogens with zero attached hydrogens (tertiary/aromatic N) is 2. The van der Waals surface area contributed by atoms with Crippen LogP contribution in [0.15, 0.2) is 77.7 Å². The molecule has 3 rings (SSSR count). The summed E-state index contributed by atoms with van der Waals surface area (Å²) in [6, 6.07) is 19.0. The van der Waals surface area contributed by atoms with Crippen LogP contribution in [0.25, 0.3) is 0 Å². The fourth-order valence-electron chi connectivity index (χ4n) is 4.03. The second-order valence-corrected chi connectivity index (χ2v) is 13.6. The van der Waals surface area contributed by atoms with Crippen molar-refractivity contribution in [2.24, 2.45) is 5.92 Å². The van der Waals surface area contributed by atoms with E-state index in [1.54, 1.807) is 60.7 Å². The van der Waals surface area contributed by atoms with Crippen molar-refractivity contribution >= 4 is 73.3 Å². The van der Waals surface area contributed by atoms with Gasteiger partial charge >= 0.3 is 0 Å². The third-order valence-corrected chi connectivity index (χ3v) is 9.38. The molecule has 0 saturated carbocycles. The minimum Gasteiger partial charge on any atom is -0.354 e. The Balaban J connectivity index is 2.04. The Hall–Kier alpha value is -2.34. The molecule has 0 aliphatic carbocycles. The molecule has 0 bridgehead atoms. The molecule has 0 heterocycles. The van der Waals surface area contributed by atoms with E-state index in [1.165, 1.54) is 17.0 Å². The summed E-state index contributed by atoms with van der Waals surface area (Å²) in [6.07, 6.45) is 0.325. The summed E-state index contributed by atoms with van der Waals surface area (Å²) in [6.45, 7) is 5.75. The van der Waals surface area contributed by atoms with E-state index >= 15 is 0 Å². The number of nitrogens with one attached hydrogen (secondary N) is 1. The first-order valence-corrected chi connectivity index (χ1v) is 16.1. The fourth-order valence-corrected chi connectivity index (χ4v) is 6.15. The Kier molecular flexibility index (Phi) is 11.7. The molecule has 1 N–H and O–H groups in total. The van der Waals surface area contributed by atoms with Gasteiger partial charge in [0.15, 0.2) is 0 Å². The van der Waals surface area contributed by atoms with Crippen LogP contribution in [0.5, 0.6) is 0 Å². The van der Waals surface area contributed by atoms with Crippen LogP contribution in [-0.2, 0) is 26.2 Å². The lowest BCUT2D eigenvalue weighted by Crippen LogP contribution is -2.52. The summed E-state index contributed by atoms with van der Waals surface area (Å²) in [7, 11) is -4.11. The van der Waals surface area contributed by atoms with Crippen molar-refractivity contribution in [1.29, 1.82) is 0 Å². The van der Waals surface area contributed by atoms with E-state index in [4.69, 9.17) is 23.2 Å². The van der Waals surface area contributed by atoms with Gasteiger partial charge in [-0.2, -0.15) is 0 Å². The van der Waals surface area contributed by atoms with E-state index in [0.29, 0.717) is 34.3 Å². The van der Waals surface area contributed by atoms with Crippen molar-refractivity contribution in [1.82, 2.24) is 10.2 Å². The average molecular weight is 716 g/mol. The molecule has 0 aliphatic heterocycles. The summed E-state index contributed by atoms with van der Waals surface area (Å²) in [4.78, 5) is 28.8. The zero-order valence-electron chi connectivity index (χ0n) is 22.5. The first-order chi connectivity index (χ1) is 18.9. The third kappa shape index (κ3) is 8.34. The number of halogens is 3. The lowest BCUT2D eigenvalue weighted by molar-refractivity contribution is -0.140. The predicted molar refractivity (Wildman–Crippen MR) is 169 cm³/mol. The Morgan fingerprint density at radius 3 is 2.17 bits per heavy atom. The molecule has 0 saturated heterocycles. The molecule has 7 nitrogen and oxygen atoms in total. The van der Waals surface area contributed by atoms with Gasteiger partial charge in [-0.1, -0.05) is 68.2 Å². The smallest absolute Gasteiger partial charge is 0.264 e. The van der Waals surface area contributed by atoms with Crippen LogP contribution >= 0.6 is 45.8 Å². The molecule has 0 spiro atoms. The first kappa shape index (κ1) is 32.2. The van der Waals surface area contributed by atoms with Gasteiger partial charge in [-0.25, -0.2) is 8.42 Å². The molecule has 214 valence electrons. The van der Waals surface area contributed by atoms with Crippen LogP contribution in [0.1, 0.15) is 32.8 Å². The maximum Gasteiger partial charge on any atom is 0.264 e. The molecule has 1 unspecified atom stereocenters. The molecule has 3 aromatic rings. The quantitative estimate of drug-likeness (QED) is 0.221. The zero-order chi connectivity index (χ0) is 29.4. The number of carbonyl (C=O) groups excluding carboxylic acids is 2. The molecule has 0 aromatic heterocycles. The van der Waals surface area contributed by atoms with Crippen molar-refractivity contribution in [3.63, 3.8) is 0 Å². The molecule has 40 heavy (non-hydrogen) atoms. The highest BCUT2D eigenvalue weighted by atomic mass is 127. The van der Waals surface area contributed by atoms with E-state index in [-0.39, 0.29) is 23.3 Å². The predicted octanol–water partition coefficient (Wildman–Crippen LogP) is 6.37. The monoisotopic (exact) mass is 715 g/mol. The molecule has 3 aromatic carbocycles. The van der Waals surface area contributed by atoms with Crippen molar-refractivity contribution in [3.8, 4) is 0 Å². The van der Waals surface area contributed by atoms with Gasteiger partial charge < -0.3 is 10.2 Å². The van der Waals surface area contributed by atoms with E-state index in [1.807, 2.05) is 20.8 Å². The van der Waals surface area contributed by atoms with E-state index < -0.39 is 28.5 Å². The average Bonchev–Trinajstić information content (AvgIpc) is 2.93. The number of carbonyl (C=O) groups is 2. The standard InChI is InChI=1S/C29H32Cl2IN3O4S/c1-4-27(29(37)33-17-20(2)3)34(18-21-10-15-25(30)26(31)16-21)28(36)19-35(23-13-11-22(32)12-14-23)40(38,39)24-8-6-5-7-9-24/h5-16,20,27H,4,17-19H2,1-3H3,(H,33,37). The van der Waals surface area contributed by atoms with Crippen molar-refractivity contribution in [2.75, 3.05) is 17.4 Å². The minimum atomic E-state index is -4.11. The maximum absolute atomic E-state index is 14.1. The van der Waals surface area contributed by atoms with Crippen molar-refractivity contribution in [2.45, 2.75) is 44.7 Å². The van der Waals surface area contributed by atoms with E-state index in [2.05, 4.69) is 27.9 Å². The first-order valence-electron chi connectivity index (χ1n) is 12.8. The fraction of sp³-hybridized carbons (Fsp3) is 0.310. The summed E-state index contributed by atoms with van der Waals surface area (Å²) in [5.74, 6) is -0.625.